The molecule has 2 rings (SSSR count). The molecule has 0 fully saturated rings. The zero-order chi connectivity index (χ0) is 24.5. The SMILES string of the molecule is CC(N)=O.CCOC(=O)c1cnn(C)c1S(=O)(=O)NC(=O)Nc1nc(OC)cc(OC)n1. The number of aryl methyl sites for hydroxylation is 1. The highest BCUT2D eigenvalue weighted by atomic mass is 32.2. The number of carbonyl (C=O) groups excluding carboxylic acids is 3. The van der Waals surface area contributed by atoms with Crippen LogP contribution in [0, 0.1) is 0 Å². The van der Waals surface area contributed by atoms with Crippen molar-refractivity contribution in [2.75, 3.05) is 26.1 Å². The van der Waals surface area contributed by atoms with Crippen LogP contribution in [-0.2, 0) is 26.6 Å². The van der Waals surface area contributed by atoms with Crippen molar-refractivity contribution < 1.29 is 37.0 Å². The topological polar surface area (TPSA) is 207 Å². The van der Waals surface area contributed by atoms with Crippen molar-refractivity contribution in [1.82, 2.24) is 24.5 Å². The fourth-order valence-electron chi connectivity index (χ4n) is 2.06. The molecule has 0 radical (unpaired) electrons. The molecule has 0 aliphatic heterocycles. The monoisotopic (exact) mass is 473 g/mol. The molecule has 176 valence electrons. The highest BCUT2D eigenvalue weighted by molar-refractivity contribution is 7.90. The lowest BCUT2D eigenvalue weighted by Gasteiger charge is -2.10. The van der Waals surface area contributed by atoms with E-state index in [9.17, 15) is 22.8 Å². The molecule has 0 aliphatic rings. The molecule has 0 spiro atoms. The van der Waals surface area contributed by atoms with Gasteiger partial charge in [-0.05, 0) is 6.92 Å². The Hall–Kier alpha value is -3.95. The van der Waals surface area contributed by atoms with Crippen molar-refractivity contribution in [1.29, 1.82) is 0 Å². The second-order valence-electron chi connectivity index (χ2n) is 5.65. The molecule has 2 aromatic heterocycles. The third kappa shape index (κ3) is 7.38. The van der Waals surface area contributed by atoms with Crippen molar-refractivity contribution in [2.24, 2.45) is 12.8 Å². The van der Waals surface area contributed by atoms with Gasteiger partial charge < -0.3 is 19.9 Å². The van der Waals surface area contributed by atoms with Gasteiger partial charge >= 0.3 is 12.0 Å². The van der Waals surface area contributed by atoms with E-state index >= 15 is 0 Å². The van der Waals surface area contributed by atoms with E-state index in [1.54, 1.807) is 11.6 Å². The first-order valence-corrected chi connectivity index (χ1v) is 10.2. The van der Waals surface area contributed by atoms with Crippen molar-refractivity contribution >= 4 is 33.9 Å². The van der Waals surface area contributed by atoms with E-state index in [0.29, 0.717) is 0 Å². The van der Waals surface area contributed by atoms with E-state index in [0.717, 1.165) is 10.9 Å². The quantitative estimate of drug-likeness (QED) is 0.433. The molecule has 2 heterocycles. The van der Waals surface area contributed by atoms with Crippen LogP contribution >= 0.6 is 0 Å². The summed E-state index contributed by atoms with van der Waals surface area (Å²) in [7, 11) is -0.491. The van der Waals surface area contributed by atoms with Gasteiger partial charge in [0.2, 0.25) is 23.6 Å². The van der Waals surface area contributed by atoms with Gasteiger partial charge in [-0.2, -0.15) is 23.5 Å². The number of carbonyl (C=O) groups is 3. The molecule has 0 saturated carbocycles. The number of hydrogen-bond acceptors (Lipinski definition) is 11. The second-order valence-corrected chi connectivity index (χ2v) is 7.25. The maximum absolute atomic E-state index is 12.6. The second kappa shape index (κ2) is 11.4. The Bertz CT molecular complexity index is 1060. The first-order valence-electron chi connectivity index (χ1n) is 8.71. The van der Waals surface area contributed by atoms with Gasteiger partial charge in [0.25, 0.3) is 10.0 Å². The van der Waals surface area contributed by atoms with E-state index in [-0.39, 0.29) is 35.8 Å². The van der Waals surface area contributed by atoms with Gasteiger partial charge in [0.1, 0.15) is 5.56 Å². The van der Waals surface area contributed by atoms with Gasteiger partial charge in [-0.3, -0.25) is 14.8 Å². The molecule has 3 amide bonds. The zero-order valence-corrected chi connectivity index (χ0v) is 18.7. The largest absolute Gasteiger partial charge is 0.481 e. The number of methoxy groups -OCH3 is 2. The van der Waals surface area contributed by atoms with Crippen LogP contribution in [0.4, 0.5) is 10.7 Å². The number of nitrogens with one attached hydrogen (secondary N) is 2. The minimum absolute atomic E-state index is 0.0378. The fraction of sp³-hybridized carbons (Fsp3) is 0.375. The number of anilines is 1. The summed E-state index contributed by atoms with van der Waals surface area (Å²) in [4.78, 5) is 41.0. The van der Waals surface area contributed by atoms with Gasteiger partial charge in [0, 0.05) is 14.0 Å². The number of ether oxygens (including phenoxy) is 3. The Labute approximate surface area is 183 Å². The molecule has 16 heteroatoms. The maximum Gasteiger partial charge on any atom is 0.342 e. The molecule has 0 aliphatic carbocycles. The van der Waals surface area contributed by atoms with Crippen LogP contribution in [0.5, 0.6) is 11.8 Å². The van der Waals surface area contributed by atoms with Gasteiger partial charge in [0.05, 0.1) is 33.1 Å². The highest BCUT2D eigenvalue weighted by Gasteiger charge is 2.30. The van der Waals surface area contributed by atoms with Crippen molar-refractivity contribution in [3.63, 3.8) is 0 Å². The van der Waals surface area contributed by atoms with E-state index in [1.807, 2.05) is 0 Å². The average molecular weight is 473 g/mol. The molecule has 0 atom stereocenters. The average Bonchev–Trinajstić information content (AvgIpc) is 3.09. The van der Waals surface area contributed by atoms with Crippen LogP contribution in [-0.4, -0.2) is 66.9 Å². The number of esters is 1. The lowest BCUT2D eigenvalue weighted by molar-refractivity contribution is -0.115. The van der Waals surface area contributed by atoms with E-state index < -0.39 is 27.0 Å². The van der Waals surface area contributed by atoms with Crippen molar-refractivity contribution in [2.45, 2.75) is 18.9 Å². The lowest BCUT2D eigenvalue weighted by Crippen LogP contribution is -2.36. The summed E-state index contributed by atoms with van der Waals surface area (Å²) < 4.78 is 42.5. The molecular formula is C16H23N7O8S. The van der Waals surface area contributed by atoms with Crippen LogP contribution < -0.4 is 25.2 Å². The number of rotatable bonds is 7. The number of sulfonamides is 1. The molecule has 0 unspecified atom stereocenters. The molecule has 0 aromatic carbocycles. The smallest absolute Gasteiger partial charge is 0.342 e. The maximum atomic E-state index is 12.6. The van der Waals surface area contributed by atoms with Crippen molar-refractivity contribution in [3.8, 4) is 11.8 Å². The Morgan fingerprint density at radius 1 is 1.16 bits per heavy atom. The number of nitrogens with zero attached hydrogens (tertiary/aromatic N) is 4. The number of hydrogen-bond donors (Lipinski definition) is 3. The number of nitrogens with two attached hydrogens (primary N) is 1. The Kier molecular flexibility index (Phi) is 9.33. The van der Waals surface area contributed by atoms with Crippen LogP contribution in [0.2, 0.25) is 0 Å². The van der Waals surface area contributed by atoms with Crippen LogP contribution in [0.1, 0.15) is 24.2 Å². The third-order valence-corrected chi connectivity index (χ3v) is 4.63. The first kappa shape index (κ1) is 26.1. The van der Waals surface area contributed by atoms with Crippen LogP contribution in [0.3, 0.4) is 0 Å². The van der Waals surface area contributed by atoms with Gasteiger partial charge in [-0.1, -0.05) is 0 Å². The van der Waals surface area contributed by atoms with Gasteiger partial charge in [-0.25, -0.2) is 14.3 Å². The highest BCUT2D eigenvalue weighted by Crippen LogP contribution is 2.18. The Morgan fingerprint density at radius 2 is 1.69 bits per heavy atom. The normalized spacial score (nSPS) is 10.3. The molecular weight excluding hydrogens is 450 g/mol. The molecule has 2 aromatic rings. The van der Waals surface area contributed by atoms with Crippen molar-refractivity contribution in [3.05, 3.63) is 17.8 Å². The van der Waals surface area contributed by atoms with Crippen LogP contribution in [0.15, 0.2) is 17.3 Å². The molecule has 0 bridgehead atoms. The molecule has 4 N–H and O–H groups in total. The lowest BCUT2D eigenvalue weighted by atomic mass is 10.4. The number of urea groups is 1. The zero-order valence-electron chi connectivity index (χ0n) is 17.9. The van der Waals surface area contributed by atoms with E-state index in [1.165, 1.54) is 34.3 Å². The molecule has 32 heavy (non-hydrogen) atoms. The van der Waals surface area contributed by atoms with E-state index in [2.05, 4.69) is 26.1 Å². The number of aromatic nitrogens is 4. The predicted molar refractivity (Wildman–Crippen MR) is 109 cm³/mol. The summed E-state index contributed by atoms with van der Waals surface area (Å²) >= 11 is 0. The Balaban J connectivity index is 0.00000118. The predicted octanol–water partition coefficient (Wildman–Crippen LogP) is -0.594. The fourth-order valence-corrected chi connectivity index (χ4v) is 3.27. The first-order chi connectivity index (χ1) is 14.9. The van der Waals surface area contributed by atoms with Gasteiger partial charge in [0.15, 0.2) is 5.03 Å². The summed E-state index contributed by atoms with van der Waals surface area (Å²) in [6.07, 6.45) is 1.03. The standard InChI is InChI=1S/C14H18N6O7S.C2H5NO/c1-5-27-12(21)8-7-15-20(2)11(8)28(23,24)19-14(22)18-13-16-9(25-3)6-10(17-13)26-4;1-2(3)4/h6-7H,5H2,1-4H3,(H2,16,17,18,19,22);1H3,(H2,3,4). The summed E-state index contributed by atoms with van der Waals surface area (Å²) in [6, 6.07) is 0.187. The summed E-state index contributed by atoms with van der Waals surface area (Å²) in [5.41, 5.74) is 4.16. The minimum atomic E-state index is -4.47. The summed E-state index contributed by atoms with van der Waals surface area (Å²) in [5, 5.41) is 5.34. The van der Waals surface area contributed by atoms with E-state index in [4.69, 9.17) is 14.2 Å². The number of primary amides is 1. The summed E-state index contributed by atoms with van der Waals surface area (Å²) in [5.74, 6) is -1.32. The van der Waals surface area contributed by atoms with Crippen LogP contribution in [0.25, 0.3) is 0 Å². The molecule has 0 saturated heterocycles. The number of amides is 3. The Morgan fingerprint density at radius 3 is 2.16 bits per heavy atom. The third-order valence-electron chi connectivity index (χ3n) is 3.18. The molecule has 15 nitrogen and oxygen atoms in total. The van der Waals surface area contributed by atoms with Gasteiger partial charge in [-0.15, -0.1) is 0 Å². The summed E-state index contributed by atoms with van der Waals surface area (Å²) in [6.45, 7) is 2.91. The minimum Gasteiger partial charge on any atom is -0.481 e.